The predicted octanol–water partition coefficient (Wildman–Crippen LogP) is 13.1. The number of rotatable bonds is 6. The van der Waals surface area contributed by atoms with Crippen molar-refractivity contribution in [3.8, 4) is 67.5 Å². The number of furan rings is 2. The maximum atomic E-state index is 6.42. The van der Waals surface area contributed by atoms with Crippen LogP contribution in [0.3, 0.4) is 0 Å². The van der Waals surface area contributed by atoms with Gasteiger partial charge in [0.1, 0.15) is 33.6 Å². The lowest BCUT2D eigenvalue weighted by Crippen LogP contribution is -1.94. The Bertz CT molecular complexity index is 3240. The van der Waals surface area contributed by atoms with E-state index in [1.807, 2.05) is 91.0 Å². The van der Waals surface area contributed by atoms with Crippen LogP contribution in [0.1, 0.15) is 0 Å². The van der Waals surface area contributed by atoms with Crippen molar-refractivity contribution >= 4 is 44.1 Å². The second-order valence-electron chi connectivity index (χ2n) is 13.8. The van der Waals surface area contributed by atoms with E-state index in [1.54, 1.807) is 0 Å². The number of para-hydroxylation sites is 2. The quantitative estimate of drug-likeness (QED) is 0.170. The van der Waals surface area contributed by atoms with Crippen molar-refractivity contribution in [2.24, 2.45) is 0 Å². The van der Waals surface area contributed by atoms with Crippen LogP contribution in [-0.4, -0.2) is 19.9 Å². The van der Waals surface area contributed by atoms with Gasteiger partial charge in [-0.15, -0.1) is 0 Å². The smallest absolute Gasteiger partial charge is 0.180 e. The highest BCUT2D eigenvalue weighted by Gasteiger charge is 2.20. The highest BCUT2D eigenvalue weighted by Crippen LogP contribution is 2.38. The fourth-order valence-corrected chi connectivity index (χ4v) is 7.55. The average Bonchev–Trinajstić information content (AvgIpc) is 3.85. The van der Waals surface area contributed by atoms with Crippen LogP contribution in [0.5, 0.6) is 0 Å². The van der Waals surface area contributed by atoms with E-state index in [0.29, 0.717) is 22.8 Å². The second-order valence-corrected chi connectivity index (χ2v) is 13.8. The third-order valence-electron chi connectivity index (χ3n) is 10.3. The number of hydrogen-bond donors (Lipinski definition) is 0. The average molecular weight is 719 g/mol. The van der Waals surface area contributed by atoms with Crippen molar-refractivity contribution in [2.75, 3.05) is 0 Å². The van der Waals surface area contributed by atoms with Crippen LogP contribution in [0.25, 0.3) is 112 Å². The monoisotopic (exact) mass is 718 g/mol. The highest BCUT2D eigenvalue weighted by molar-refractivity contribution is 6.08. The Labute approximate surface area is 321 Å². The van der Waals surface area contributed by atoms with Gasteiger partial charge in [0.2, 0.25) is 0 Å². The Morgan fingerprint density at radius 3 is 1.25 bits per heavy atom. The molecule has 6 nitrogen and oxygen atoms in total. The molecule has 6 heteroatoms. The van der Waals surface area contributed by atoms with E-state index in [4.69, 9.17) is 28.8 Å². The van der Waals surface area contributed by atoms with E-state index in [9.17, 15) is 0 Å². The third-order valence-corrected chi connectivity index (χ3v) is 10.3. The maximum absolute atomic E-state index is 6.42. The molecule has 7 aromatic carbocycles. The Morgan fingerprint density at radius 2 is 0.679 bits per heavy atom. The molecule has 0 unspecified atom stereocenters. The van der Waals surface area contributed by atoms with Crippen LogP contribution < -0.4 is 0 Å². The van der Waals surface area contributed by atoms with Crippen LogP contribution in [0.2, 0.25) is 0 Å². The molecule has 0 aliphatic rings. The molecule has 11 rings (SSSR count). The SMILES string of the molecule is c1ccc(-c2nc(-c3cccc(-c4cccc(-c5ccc(-c6nc(-c7ccccc7)c7oc8ccccc8c7n6)cc5)c4)c3)c3oc4ccccc4c3n2)cc1. The van der Waals surface area contributed by atoms with Gasteiger partial charge in [-0.3, -0.25) is 0 Å². The molecule has 0 spiro atoms. The summed E-state index contributed by atoms with van der Waals surface area (Å²) in [4.78, 5) is 20.2. The van der Waals surface area contributed by atoms with Crippen molar-refractivity contribution in [3.05, 3.63) is 182 Å². The summed E-state index contributed by atoms with van der Waals surface area (Å²) in [5, 5.41) is 1.94. The molecular formula is C50H30N4O2. The molecule has 0 saturated heterocycles. The summed E-state index contributed by atoms with van der Waals surface area (Å²) in [6.07, 6.45) is 0. The Morgan fingerprint density at radius 1 is 0.286 bits per heavy atom. The van der Waals surface area contributed by atoms with Gasteiger partial charge in [-0.05, 0) is 58.7 Å². The van der Waals surface area contributed by atoms with Gasteiger partial charge in [-0.25, -0.2) is 19.9 Å². The van der Waals surface area contributed by atoms with Crippen LogP contribution in [0, 0.1) is 0 Å². The highest BCUT2D eigenvalue weighted by atomic mass is 16.3. The standard InChI is InChI=1S/C50H30N4O2/c1-3-13-32(14-4-1)43-47-45(39-21-7-9-23-41(39)55-47)54-50(51-43)34-27-25-31(26-28-34)35-17-11-18-36(29-35)37-19-12-20-38(30-37)44-48-46(40-22-8-10-24-42(40)56-48)53-49(52-44)33-15-5-2-6-16-33/h1-30H. The van der Waals surface area contributed by atoms with Gasteiger partial charge in [-0.1, -0.05) is 146 Å². The fraction of sp³-hybridized carbons (Fsp3) is 0. The van der Waals surface area contributed by atoms with Gasteiger partial charge >= 0.3 is 0 Å². The molecule has 0 N–H and O–H groups in total. The lowest BCUT2D eigenvalue weighted by atomic mass is 9.96. The molecule has 0 radical (unpaired) electrons. The summed E-state index contributed by atoms with van der Waals surface area (Å²) in [5.41, 5.74) is 14.3. The first-order valence-electron chi connectivity index (χ1n) is 18.5. The molecule has 0 aliphatic heterocycles. The van der Waals surface area contributed by atoms with Gasteiger partial charge in [0.25, 0.3) is 0 Å². The molecule has 56 heavy (non-hydrogen) atoms. The molecule has 0 aliphatic carbocycles. The largest absolute Gasteiger partial charge is 0.452 e. The topological polar surface area (TPSA) is 77.8 Å². The first-order valence-corrected chi connectivity index (χ1v) is 18.5. The zero-order chi connectivity index (χ0) is 37.0. The summed E-state index contributed by atoms with van der Waals surface area (Å²) >= 11 is 0. The lowest BCUT2D eigenvalue weighted by molar-refractivity contribution is 0.667. The molecule has 262 valence electrons. The third kappa shape index (κ3) is 5.43. The molecule has 0 bridgehead atoms. The zero-order valence-electron chi connectivity index (χ0n) is 29.9. The Kier molecular flexibility index (Phi) is 7.38. The van der Waals surface area contributed by atoms with E-state index >= 15 is 0 Å². The summed E-state index contributed by atoms with van der Waals surface area (Å²) in [7, 11) is 0. The molecule has 4 aromatic heterocycles. The summed E-state index contributed by atoms with van der Waals surface area (Å²) in [6, 6.07) is 61.9. The van der Waals surface area contributed by atoms with E-state index < -0.39 is 0 Å². The van der Waals surface area contributed by atoms with Gasteiger partial charge in [-0.2, -0.15) is 0 Å². The fourth-order valence-electron chi connectivity index (χ4n) is 7.55. The summed E-state index contributed by atoms with van der Waals surface area (Å²) < 4.78 is 12.7. The second kappa shape index (κ2) is 13.0. The number of benzene rings is 7. The van der Waals surface area contributed by atoms with Crippen LogP contribution in [0.15, 0.2) is 191 Å². The number of aromatic nitrogens is 4. The van der Waals surface area contributed by atoms with Crippen molar-refractivity contribution < 1.29 is 8.83 Å². The molecule has 0 amide bonds. The first kappa shape index (κ1) is 31.8. The maximum Gasteiger partial charge on any atom is 0.180 e. The minimum atomic E-state index is 0.652. The minimum Gasteiger partial charge on any atom is -0.452 e. The van der Waals surface area contributed by atoms with Crippen molar-refractivity contribution in [3.63, 3.8) is 0 Å². The lowest BCUT2D eigenvalue weighted by Gasteiger charge is -2.10. The van der Waals surface area contributed by atoms with Crippen molar-refractivity contribution in [1.82, 2.24) is 19.9 Å². The molecule has 0 fully saturated rings. The normalized spacial score (nSPS) is 11.6. The van der Waals surface area contributed by atoms with E-state index in [1.165, 1.54) is 0 Å². The van der Waals surface area contributed by atoms with Crippen molar-refractivity contribution in [1.29, 1.82) is 0 Å². The van der Waals surface area contributed by atoms with E-state index in [0.717, 1.165) is 88.9 Å². The number of nitrogens with zero attached hydrogens (tertiary/aromatic N) is 4. The van der Waals surface area contributed by atoms with Gasteiger partial charge in [0.05, 0.1) is 0 Å². The molecule has 4 heterocycles. The van der Waals surface area contributed by atoms with E-state index in [2.05, 4.69) is 91.0 Å². The molecular weight excluding hydrogens is 689 g/mol. The van der Waals surface area contributed by atoms with Crippen LogP contribution >= 0.6 is 0 Å². The van der Waals surface area contributed by atoms with Gasteiger partial charge in [0.15, 0.2) is 22.8 Å². The van der Waals surface area contributed by atoms with Gasteiger partial charge < -0.3 is 8.83 Å². The molecule has 0 atom stereocenters. The zero-order valence-corrected chi connectivity index (χ0v) is 29.9. The Hall–Kier alpha value is -7.70. The predicted molar refractivity (Wildman–Crippen MR) is 225 cm³/mol. The van der Waals surface area contributed by atoms with Gasteiger partial charge in [0, 0.05) is 33.0 Å². The minimum absolute atomic E-state index is 0.652. The number of fused-ring (bicyclic) bond motifs is 6. The first-order chi connectivity index (χ1) is 27.7. The van der Waals surface area contributed by atoms with Crippen molar-refractivity contribution in [2.45, 2.75) is 0 Å². The Balaban J connectivity index is 0.964. The van der Waals surface area contributed by atoms with E-state index in [-0.39, 0.29) is 0 Å². The summed E-state index contributed by atoms with van der Waals surface area (Å²) in [6.45, 7) is 0. The van der Waals surface area contributed by atoms with Crippen LogP contribution in [-0.2, 0) is 0 Å². The molecule has 11 aromatic rings. The van der Waals surface area contributed by atoms with Crippen LogP contribution in [0.4, 0.5) is 0 Å². The summed E-state index contributed by atoms with van der Waals surface area (Å²) in [5.74, 6) is 1.31. The molecule has 0 saturated carbocycles. The number of hydrogen-bond acceptors (Lipinski definition) is 6.